The summed E-state index contributed by atoms with van der Waals surface area (Å²) >= 11 is 0. The van der Waals surface area contributed by atoms with E-state index in [1.165, 1.54) is 0 Å². The molecule has 0 saturated carbocycles. The van der Waals surface area contributed by atoms with Crippen molar-refractivity contribution in [2.75, 3.05) is 0 Å². The number of benzene rings is 1. The Morgan fingerprint density at radius 2 is 1.38 bits per heavy atom. The molecule has 0 fully saturated rings. The highest BCUT2D eigenvalue weighted by Crippen LogP contribution is 2.25. The van der Waals surface area contributed by atoms with Gasteiger partial charge in [0.05, 0.1) is 5.56 Å². The van der Waals surface area contributed by atoms with Crippen molar-refractivity contribution < 1.29 is 26.3 Å². The van der Waals surface area contributed by atoms with Gasteiger partial charge in [0.25, 0.3) is 0 Å². The van der Waals surface area contributed by atoms with Gasteiger partial charge in [-0.3, -0.25) is 0 Å². The molecule has 0 aromatic heterocycles. The van der Waals surface area contributed by atoms with Crippen LogP contribution in [0.25, 0.3) is 0 Å². The Balaban J connectivity index is 3.41. The fourth-order valence-electron chi connectivity index (χ4n) is 0.652. The topological polar surface area (TPSA) is 0 Å². The van der Waals surface area contributed by atoms with E-state index < -0.39 is 35.3 Å². The third kappa shape index (κ3) is 1.61. The normalized spacial score (nSPS) is 11.0. The summed E-state index contributed by atoms with van der Waals surface area (Å²) in [5.74, 6) is -8.58. The number of halogens is 6. The van der Waals surface area contributed by atoms with Crippen molar-refractivity contribution >= 4 is 0 Å². The molecular formula is C7F6. The molecular weight excluding hydrogens is 198 g/mol. The van der Waals surface area contributed by atoms with E-state index in [-0.39, 0.29) is 0 Å². The summed E-state index contributed by atoms with van der Waals surface area (Å²) in [4.78, 5) is 0. The smallest absolute Gasteiger partial charge is 0.203 e. The Morgan fingerprint density at radius 1 is 0.846 bits per heavy atom. The van der Waals surface area contributed by atoms with E-state index in [0.29, 0.717) is 0 Å². The quantitative estimate of drug-likeness (QED) is 0.369. The largest absolute Gasteiger partial charge is 0.343 e. The van der Waals surface area contributed by atoms with Gasteiger partial charge in [0.2, 0.25) is 0 Å². The van der Waals surface area contributed by atoms with E-state index in [1.54, 1.807) is 0 Å². The van der Waals surface area contributed by atoms with Crippen molar-refractivity contribution in [3.63, 3.8) is 0 Å². The number of rotatable bonds is 1. The monoisotopic (exact) mass is 198 g/mol. The molecule has 0 saturated heterocycles. The van der Waals surface area contributed by atoms with Crippen LogP contribution < -0.4 is 0 Å². The van der Waals surface area contributed by atoms with Crippen molar-refractivity contribution in [3.8, 4) is 0 Å². The Bertz CT molecular complexity index is 332. The standard InChI is InChI=1S/C7F6/c8-3-1-2(7(12)13)4(9)6(11)5(3)10. The molecule has 0 heterocycles. The minimum Gasteiger partial charge on any atom is -0.203 e. The molecule has 0 spiro atoms. The van der Waals surface area contributed by atoms with Crippen molar-refractivity contribution in [2.45, 2.75) is 0 Å². The minimum absolute atomic E-state index is 1.04. The number of hydrogen-bond donors (Lipinski definition) is 0. The lowest BCUT2D eigenvalue weighted by Gasteiger charge is -2.01. The maximum atomic E-state index is 12.4. The summed E-state index contributed by atoms with van der Waals surface area (Å²) in [7, 11) is 0. The van der Waals surface area contributed by atoms with E-state index in [4.69, 9.17) is 0 Å². The first-order chi connectivity index (χ1) is 5.95. The molecule has 0 atom stereocenters. The fraction of sp³-hybridized carbons (Fsp3) is 0. The Hall–Kier alpha value is -1.20. The fourth-order valence-corrected chi connectivity index (χ4v) is 0.652. The second-order valence-electron chi connectivity index (χ2n) is 2.02. The molecule has 0 amide bonds. The molecule has 13 heavy (non-hydrogen) atoms. The molecule has 0 aliphatic rings. The first kappa shape index (κ1) is 9.88. The third-order valence-corrected chi connectivity index (χ3v) is 1.22. The van der Waals surface area contributed by atoms with Gasteiger partial charge in [0.15, 0.2) is 23.3 Å². The van der Waals surface area contributed by atoms with Crippen LogP contribution >= 0.6 is 0 Å². The summed E-state index contributed by atoms with van der Waals surface area (Å²) < 4.78 is 72.4. The van der Waals surface area contributed by atoms with Gasteiger partial charge in [0, 0.05) is 6.07 Å². The highest BCUT2D eigenvalue weighted by Gasteiger charge is 2.25. The Labute approximate surface area is 68.8 Å². The van der Waals surface area contributed by atoms with E-state index in [9.17, 15) is 26.3 Å². The first-order valence-corrected chi connectivity index (χ1v) is 2.88. The van der Waals surface area contributed by atoms with Crippen LogP contribution in [0.3, 0.4) is 0 Å². The molecule has 0 aliphatic heterocycles. The molecule has 1 aromatic carbocycles. The number of hydrogen-bond acceptors (Lipinski definition) is 0. The van der Waals surface area contributed by atoms with E-state index in [1.807, 2.05) is 0 Å². The molecule has 1 aromatic rings. The van der Waals surface area contributed by atoms with Crippen molar-refractivity contribution in [3.05, 3.63) is 41.3 Å². The van der Waals surface area contributed by atoms with Gasteiger partial charge in [-0.2, -0.15) is 8.78 Å². The van der Waals surface area contributed by atoms with Gasteiger partial charge in [-0.25, -0.2) is 17.6 Å². The average Bonchev–Trinajstić information content (AvgIpc) is 2.07. The SMILES string of the molecule is F[C](F)c1[c]c(F)c(F)c(F)c1F. The maximum Gasteiger partial charge on any atom is 0.343 e. The minimum atomic E-state index is -2.67. The van der Waals surface area contributed by atoms with E-state index in [2.05, 4.69) is 0 Å². The van der Waals surface area contributed by atoms with Gasteiger partial charge in [-0.05, 0) is 0 Å². The van der Waals surface area contributed by atoms with Gasteiger partial charge in [-0.15, -0.1) is 0 Å². The van der Waals surface area contributed by atoms with Crippen LogP contribution in [0.15, 0.2) is 0 Å². The third-order valence-electron chi connectivity index (χ3n) is 1.22. The lowest BCUT2D eigenvalue weighted by molar-refractivity contribution is 0.307. The molecule has 0 bridgehead atoms. The molecule has 0 N–H and O–H groups in total. The van der Waals surface area contributed by atoms with Crippen LogP contribution in [0.5, 0.6) is 0 Å². The van der Waals surface area contributed by atoms with Crippen LogP contribution in [-0.4, -0.2) is 0 Å². The summed E-state index contributed by atoms with van der Waals surface area (Å²) in [5, 5.41) is 0. The molecule has 70 valence electrons. The van der Waals surface area contributed by atoms with Gasteiger partial charge >= 0.3 is 6.43 Å². The maximum absolute atomic E-state index is 12.4. The van der Waals surface area contributed by atoms with Crippen molar-refractivity contribution in [1.82, 2.24) is 0 Å². The average molecular weight is 198 g/mol. The van der Waals surface area contributed by atoms with Crippen molar-refractivity contribution in [1.29, 1.82) is 0 Å². The Kier molecular flexibility index (Phi) is 2.49. The summed E-state index contributed by atoms with van der Waals surface area (Å²) in [5.41, 5.74) is -1.70. The molecule has 0 aliphatic carbocycles. The zero-order valence-corrected chi connectivity index (χ0v) is 5.77. The summed E-state index contributed by atoms with van der Waals surface area (Å²) in [6.45, 7) is 0. The summed E-state index contributed by atoms with van der Waals surface area (Å²) in [6, 6.07) is 1.04. The zero-order valence-electron chi connectivity index (χ0n) is 5.77. The zero-order chi connectivity index (χ0) is 10.2. The molecule has 6 heteroatoms. The second kappa shape index (κ2) is 3.27. The van der Waals surface area contributed by atoms with Crippen LogP contribution in [0.1, 0.15) is 5.56 Å². The van der Waals surface area contributed by atoms with Crippen LogP contribution in [0, 0.1) is 35.8 Å². The van der Waals surface area contributed by atoms with E-state index in [0.717, 1.165) is 6.07 Å². The molecule has 0 nitrogen and oxygen atoms in total. The second-order valence-corrected chi connectivity index (χ2v) is 2.02. The van der Waals surface area contributed by atoms with Crippen LogP contribution in [-0.2, 0) is 0 Å². The predicted octanol–water partition coefficient (Wildman–Crippen LogP) is 2.82. The van der Waals surface area contributed by atoms with Gasteiger partial charge < -0.3 is 0 Å². The lowest BCUT2D eigenvalue weighted by atomic mass is 10.2. The van der Waals surface area contributed by atoms with Gasteiger partial charge in [-0.1, -0.05) is 0 Å². The Morgan fingerprint density at radius 3 is 1.85 bits per heavy atom. The van der Waals surface area contributed by atoms with Gasteiger partial charge in [0.1, 0.15) is 0 Å². The molecule has 2 radical (unpaired) electrons. The lowest BCUT2D eigenvalue weighted by Crippen LogP contribution is -2.02. The highest BCUT2D eigenvalue weighted by molar-refractivity contribution is 5.26. The molecule has 0 unspecified atom stereocenters. The highest BCUT2D eigenvalue weighted by atomic mass is 19.3. The van der Waals surface area contributed by atoms with Crippen molar-refractivity contribution in [2.24, 2.45) is 0 Å². The van der Waals surface area contributed by atoms with Crippen LogP contribution in [0.4, 0.5) is 26.3 Å². The summed E-state index contributed by atoms with van der Waals surface area (Å²) in [6.07, 6.45) is -2.67. The predicted molar refractivity (Wildman–Crippen MR) is 29.7 cm³/mol. The molecule has 1 rings (SSSR count). The van der Waals surface area contributed by atoms with E-state index >= 15 is 0 Å². The van der Waals surface area contributed by atoms with Crippen LogP contribution in [0.2, 0.25) is 0 Å². The first-order valence-electron chi connectivity index (χ1n) is 2.88.